The molecular weight excluding hydrogens is 436 g/mol. The zero-order valence-corrected chi connectivity index (χ0v) is 19.5. The lowest BCUT2D eigenvalue weighted by atomic mass is 10.0. The van der Waals surface area contributed by atoms with Gasteiger partial charge < -0.3 is 10.0 Å². The molecule has 35 heavy (non-hydrogen) atoms. The summed E-state index contributed by atoms with van der Waals surface area (Å²) in [6.07, 6.45) is 1.49. The summed E-state index contributed by atoms with van der Waals surface area (Å²) in [4.78, 5) is 17.4. The number of hydrazone groups is 1. The number of piperazine rings is 1. The van der Waals surface area contributed by atoms with Crippen LogP contribution in [0, 0.1) is 0 Å². The number of fused-ring (bicyclic) bond motifs is 1. The summed E-state index contributed by atoms with van der Waals surface area (Å²) >= 11 is 0. The van der Waals surface area contributed by atoms with Crippen LogP contribution >= 0.6 is 0 Å². The Kier molecular flexibility index (Phi) is 6.73. The third-order valence-corrected chi connectivity index (χ3v) is 6.42. The van der Waals surface area contributed by atoms with Crippen LogP contribution in [0.2, 0.25) is 0 Å². The van der Waals surface area contributed by atoms with Crippen molar-refractivity contribution in [3.8, 4) is 5.75 Å². The first-order valence-electron chi connectivity index (χ1n) is 11.8. The molecule has 1 aliphatic heterocycles. The van der Waals surface area contributed by atoms with E-state index < -0.39 is 0 Å². The molecule has 2 N–H and O–H groups in total. The highest BCUT2D eigenvalue weighted by Crippen LogP contribution is 2.25. The van der Waals surface area contributed by atoms with E-state index in [1.54, 1.807) is 6.07 Å². The average Bonchev–Trinajstić information content (AvgIpc) is 2.91. The summed E-state index contributed by atoms with van der Waals surface area (Å²) in [5.74, 6) is -0.167. The minimum Gasteiger partial charge on any atom is -0.507 e. The Morgan fingerprint density at radius 2 is 1.57 bits per heavy atom. The summed E-state index contributed by atoms with van der Waals surface area (Å²) in [5, 5.41) is 16.2. The summed E-state index contributed by atoms with van der Waals surface area (Å²) < 4.78 is 0. The number of anilines is 1. The Morgan fingerprint density at radius 1 is 0.857 bits per heavy atom. The molecular formula is C29H28N4O2. The molecule has 0 unspecified atom stereocenters. The molecule has 5 rings (SSSR count). The Hall–Kier alpha value is -4.16. The molecule has 0 bridgehead atoms. The Labute approximate surface area is 205 Å². The van der Waals surface area contributed by atoms with Crippen molar-refractivity contribution in [2.45, 2.75) is 6.54 Å². The van der Waals surface area contributed by atoms with E-state index in [9.17, 15) is 9.90 Å². The molecule has 1 aliphatic rings. The molecule has 1 heterocycles. The summed E-state index contributed by atoms with van der Waals surface area (Å²) in [7, 11) is 0. The van der Waals surface area contributed by atoms with Crippen LogP contribution in [-0.2, 0) is 6.54 Å². The third kappa shape index (κ3) is 5.34. The predicted octanol–water partition coefficient (Wildman–Crippen LogP) is 4.63. The van der Waals surface area contributed by atoms with Crippen molar-refractivity contribution in [2.24, 2.45) is 5.10 Å². The second kappa shape index (κ2) is 10.4. The van der Waals surface area contributed by atoms with Crippen molar-refractivity contribution in [3.63, 3.8) is 0 Å². The topological polar surface area (TPSA) is 68.2 Å². The largest absolute Gasteiger partial charge is 0.507 e. The number of para-hydroxylation sites is 1. The fourth-order valence-electron chi connectivity index (χ4n) is 4.46. The number of benzene rings is 4. The molecule has 0 saturated carbocycles. The maximum absolute atomic E-state index is 12.6. The number of nitrogens with zero attached hydrogens (tertiary/aromatic N) is 3. The molecule has 0 atom stereocenters. The number of carbonyl (C=O) groups excluding carboxylic acids is 1. The Balaban J connectivity index is 1.15. The highest BCUT2D eigenvalue weighted by Gasteiger charge is 2.17. The van der Waals surface area contributed by atoms with E-state index in [2.05, 4.69) is 44.6 Å². The number of aromatic hydroxyl groups is 1. The molecule has 0 radical (unpaired) electrons. The van der Waals surface area contributed by atoms with Gasteiger partial charge in [-0.2, -0.15) is 5.10 Å². The highest BCUT2D eigenvalue weighted by molar-refractivity contribution is 6.03. The third-order valence-electron chi connectivity index (χ3n) is 6.42. The molecule has 1 amide bonds. The van der Waals surface area contributed by atoms with Gasteiger partial charge >= 0.3 is 0 Å². The van der Waals surface area contributed by atoms with Crippen molar-refractivity contribution in [1.29, 1.82) is 0 Å². The van der Waals surface area contributed by atoms with E-state index in [4.69, 9.17) is 0 Å². The van der Waals surface area contributed by atoms with E-state index in [0.717, 1.165) is 43.5 Å². The van der Waals surface area contributed by atoms with Gasteiger partial charge in [-0.15, -0.1) is 0 Å². The van der Waals surface area contributed by atoms with Gasteiger partial charge in [-0.1, -0.05) is 60.7 Å². The Morgan fingerprint density at radius 3 is 2.34 bits per heavy atom. The quantitative estimate of drug-likeness (QED) is 0.322. The van der Waals surface area contributed by atoms with E-state index in [0.29, 0.717) is 11.1 Å². The molecule has 1 fully saturated rings. The molecule has 6 heteroatoms. The minimum absolute atomic E-state index is 0.121. The van der Waals surface area contributed by atoms with Gasteiger partial charge in [0.05, 0.1) is 6.21 Å². The van der Waals surface area contributed by atoms with Gasteiger partial charge in [-0.05, 0) is 46.7 Å². The summed E-state index contributed by atoms with van der Waals surface area (Å²) in [6, 6.07) is 29.4. The monoisotopic (exact) mass is 464 g/mol. The maximum atomic E-state index is 12.6. The van der Waals surface area contributed by atoms with Crippen LogP contribution in [0.25, 0.3) is 10.8 Å². The number of hydrogen-bond acceptors (Lipinski definition) is 5. The fraction of sp³-hybridized carbons (Fsp3) is 0.172. The Bertz CT molecular complexity index is 1330. The molecule has 4 aromatic rings. The zero-order valence-electron chi connectivity index (χ0n) is 19.5. The highest BCUT2D eigenvalue weighted by atomic mass is 16.3. The van der Waals surface area contributed by atoms with Crippen LogP contribution in [0.3, 0.4) is 0 Å². The lowest BCUT2D eigenvalue weighted by Gasteiger charge is -2.36. The number of phenolic OH excluding ortho intramolecular Hbond substituents is 1. The van der Waals surface area contributed by atoms with Crippen molar-refractivity contribution in [3.05, 3.63) is 108 Å². The van der Waals surface area contributed by atoms with Crippen LogP contribution in [0.1, 0.15) is 21.5 Å². The standard InChI is InChI=1S/C29H28N4O2/c34-28-15-14-23-6-4-5-9-26(23)27(28)20-30-31-29(35)24-12-10-22(11-13-24)21-32-16-18-33(19-17-32)25-7-2-1-3-8-25/h1-15,20,34H,16-19,21H2,(H,31,35)/b30-20-. The second-order valence-corrected chi connectivity index (χ2v) is 8.71. The first kappa shape index (κ1) is 22.6. The summed E-state index contributed by atoms with van der Waals surface area (Å²) in [5.41, 5.74) is 6.14. The number of hydrogen-bond donors (Lipinski definition) is 2. The van der Waals surface area contributed by atoms with E-state index in [1.807, 2.05) is 60.7 Å². The minimum atomic E-state index is -0.288. The first-order chi connectivity index (χ1) is 17.2. The zero-order chi connectivity index (χ0) is 24.0. The van der Waals surface area contributed by atoms with Gasteiger partial charge in [0.15, 0.2) is 0 Å². The van der Waals surface area contributed by atoms with E-state index in [1.165, 1.54) is 17.5 Å². The second-order valence-electron chi connectivity index (χ2n) is 8.71. The molecule has 4 aromatic carbocycles. The molecule has 0 spiro atoms. The molecule has 0 aromatic heterocycles. The molecule has 0 aliphatic carbocycles. The van der Waals surface area contributed by atoms with Crippen LogP contribution in [-0.4, -0.2) is 48.3 Å². The van der Waals surface area contributed by atoms with Crippen LogP contribution < -0.4 is 10.3 Å². The van der Waals surface area contributed by atoms with Crippen molar-refractivity contribution >= 4 is 28.6 Å². The fourth-order valence-corrected chi connectivity index (χ4v) is 4.46. The van der Waals surface area contributed by atoms with E-state index in [-0.39, 0.29) is 11.7 Å². The SMILES string of the molecule is O=C(N/N=C\c1c(O)ccc2ccccc12)c1ccc(CN2CCN(c3ccccc3)CC2)cc1. The molecule has 176 valence electrons. The van der Waals surface area contributed by atoms with Crippen LogP contribution in [0.5, 0.6) is 5.75 Å². The lowest BCUT2D eigenvalue weighted by molar-refractivity contribution is 0.0955. The number of nitrogens with one attached hydrogen (secondary N) is 1. The normalized spacial score (nSPS) is 14.5. The van der Waals surface area contributed by atoms with Crippen molar-refractivity contribution in [2.75, 3.05) is 31.1 Å². The van der Waals surface area contributed by atoms with Gasteiger partial charge in [0.1, 0.15) is 5.75 Å². The number of rotatable bonds is 6. The molecule has 1 saturated heterocycles. The summed E-state index contributed by atoms with van der Waals surface area (Å²) in [6.45, 7) is 4.90. The van der Waals surface area contributed by atoms with Gasteiger partial charge in [0, 0.05) is 49.5 Å². The number of phenols is 1. The van der Waals surface area contributed by atoms with Crippen molar-refractivity contribution in [1.82, 2.24) is 10.3 Å². The van der Waals surface area contributed by atoms with Gasteiger partial charge in [0.2, 0.25) is 0 Å². The first-order valence-corrected chi connectivity index (χ1v) is 11.8. The van der Waals surface area contributed by atoms with Crippen LogP contribution in [0.4, 0.5) is 5.69 Å². The van der Waals surface area contributed by atoms with Gasteiger partial charge in [-0.3, -0.25) is 9.69 Å². The number of amides is 1. The lowest BCUT2D eigenvalue weighted by Crippen LogP contribution is -2.45. The number of carbonyl (C=O) groups is 1. The van der Waals surface area contributed by atoms with Crippen molar-refractivity contribution < 1.29 is 9.90 Å². The van der Waals surface area contributed by atoms with Gasteiger partial charge in [-0.25, -0.2) is 5.43 Å². The van der Waals surface area contributed by atoms with Gasteiger partial charge in [0.25, 0.3) is 5.91 Å². The predicted molar refractivity (Wildman–Crippen MR) is 141 cm³/mol. The smallest absolute Gasteiger partial charge is 0.271 e. The average molecular weight is 465 g/mol. The molecule has 6 nitrogen and oxygen atoms in total. The van der Waals surface area contributed by atoms with Crippen LogP contribution in [0.15, 0.2) is 96.1 Å². The maximum Gasteiger partial charge on any atom is 0.271 e. The van der Waals surface area contributed by atoms with E-state index >= 15 is 0 Å².